The molecule has 3 rings (SSSR count). The Labute approximate surface area is 150 Å². The number of thioether (sulfide) groups is 2. The molecule has 23 heavy (non-hydrogen) atoms. The Kier molecular flexibility index (Phi) is 5.13. The number of carbonyl (C=O) groups is 1. The van der Waals surface area contributed by atoms with Crippen molar-refractivity contribution in [2.75, 3.05) is 5.32 Å². The molecule has 1 aromatic heterocycles. The Morgan fingerprint density at radius 3 is 2.87 bits per heavy atom. The van der Waals surface area contributed by atoms with Crippen molar-refractivity contribution in [3.05, 3.63) is 50.3 Å². The molecular formula is C15H14BrN3O2S2. The highest BCUT2D eigenvalue weighted by molar-refractivity contribution is 9.10. The van der Waals surface area contributed by atoms with Gasteiger partial charge in [0.05, 0.1) is 10.9 Å². The van der Waals surface area contributed by atoms with Gasteiger partial charge < -0.3 is 10.3 Å². The van der Waals surface area contributed by atoms with Crippen molar-refractivity contribution in [3.8, 4) is 0 Å². The minimum absolute atomic E-state index is 0.0944. The largest absolute Gasteiger partial charge is 0.325 e. The van der Waals surface area contributed by atoms with Gasteiger partial charge in [-0.25, -0.2) is 4.98 Å². The fourth-order valence-electron chi connectivity index (χ4n) is 2.09. The van der Waals surface area contributed by atoms with Crippen molar-refractivity contribution in [1.82, 2.24) is 9.97 Å². The number of anilines is 1. The van der Waals surface area contributed by atoms with E-state index in [0.29, 0.717) is 10.9 Å². The highest BCUT2D eigenvalue weighted by Gasteiger charge is 2.21. The van der Waals surface area contributed by atoms with Crippen LogP contribution in [0.1, 0.15) is 18.2 Å². The first-order valence-electron chi connectivity index (χ1n) is 6.96. The van der Waals surface area contributed by atoms with E-state index in [2.05, 4.69) is 31.2 Å². The fraction of sp³-hybridized carbons (Fsp3) is 0.267. The van der Waals surface area contributed by atoms with E-state index in [1.807, 2.05) is 24.3 Å². The Morgan fingerprint density at radius 2 is 2.13 bits per heavy atom. The van der Waals surface area contributed by atoms with Crippen LogP contribution >= 0.6 is 39.5 Å². The number of H-pyrrole nitrogens is 1. The molecule has 2 N–H and O–H groups in total. The van der Waals surface area contributed by atoms with Gasteiger partial charge in [-0.3, -0.25) is 9.59 Å². The second kappa shape index (κ2) is 7.11. The zero-order valence-electron chi connectivity index (χ0n) is 12.3. The van der Waals surface area contributed by atoms with Crippen LogP contribution in [0.3, 0.4) is 0 Å². The Bertz CT molecular complexity index is 792. The lowest BCUT2D eigenvalue weighted by molar-refractivity contribution is -0.115. The van der Waals surface area contributed by atoms with E-state index in [1.165, 1.54) is 11.8 Å². The first-order valence-corrected chi connectivity index (χ1v) is 9.78. The van der Waals surface area contributed by atoms with Crippen LogP contribution in [0, 0.1) is 0 Å². The molecule has 2 heterocycles. The molecule has 0 saturated heterocycles. The molecule has 1 amide bonds. The summed E-state index contributed by atoms with van der Waals surface area (Å²) in [5.74, 6) is 1.34. The van der Waals surface area contributed by atoms with E-state index in [9.17, 15) is 9.59 Å². The number of carbonyl (C=O) groups excluding carboxylic acids is 1. The number of hydrogen-bond acceptors (Lipinski definition) is 5. The maximum Gasteiger partial charge on any atom is 0.255 e. The molecule has 0 fully saturated rings. The minimum atomic E-state index is -0.367. The number of fused-ring (bicyclic) bond motifs is 1. The van der Waals surface area contributed by atoms with Gasteiger partial charge in [0.2, 0.25) is 5.91 Å². The van der Waals surface area contributed by atoms with Crippen LogP contribution < -0.4 is 10.9 Å². The standard InChI is InChI=1S/C15H14BrN3O2S2/c1-8(13(20)17-10-4-2-9(16)3-5-10)23-15-18-12-7-22-6-11(12)14(21)19-15/h2-5,8H,6-7H2,1H3,(H,17,20)(H,18,19,21). The number of nitrogens with one attached hydrogen (secondary N) is 2. The van der Waals surface area contributed by atoms with Crippen LogP contribution in [0.25, 0.3) is 0 Å². The van der Waals surface area contributed by atoms with E-state index in [0.717, 1.165) is 27.2 Å². The number of benzene rings is 1. The monoisotopic (exact) mass is 411 g/mol. The number of hydrogen-bond donors (Lipinski definition) is 2. The summed E-state index contributed by atoms with van der Waals surface area (Å²) in [4.78, 5) is 31.4. The third kappa shape index (κ3) is 3.99. The van der Waals surface area contributed by atoms with E-state index >= 15 is 0 Å². The van der Waals surface area contributed by atoms with E-state index in [4.69, 9.17) is 0 Å². The number of aromatic amines is 1. The van der Waals surface area contributed by atoms with Crippen molar-refractivity contribution in [2.45, 2.75) is 28.8 Å². The summed E-state index contributed by atoms with van der Waals surface area (Å²) in [6, 6.07) is 7.38. The Hall–Kier alpha value is -1.25. The molecule has 1 aromatic carbocycles. The van der Waals surface area contributed by atoms with Crippen molar-refractivity contribution < 1.29 is 4.79 Å². The summed E-state index contributed by atoms with van der Waals surface area (Å²) < 4.78 is 0.954. The second-order valence-electron chi connectivity index (χ2n) is 5.05. The number of rotatable bonds is 4. The molecule has 1 unspecified atom stereocenters. The molecule has 0 aliphatic carbocycles. The smallest absolute Gasteiger partial charge is 0.255 e. The average molecular weight is 412 g/mol. The summed E-state index contributed by atoms with van der Waals surface area (Å²) in [7, 11) is 0. The third-order valence-corrected chi connectivity index (χ3v) is 5.82. The topological polar surface area (TPSA) is 74.8 Å². The lowest BCUT2D eigenvalue weighted by atomic mass is 10.3. The quantitative estimate of drug-likeness (QED) is 0.595. The van der Waals surface area contributed by atoms with Gasteiger partial charge in [-0.1, -0.05) is 27.7 Å². The van der Waals surface area contributed by atoms with Crippen molar-refractivity contribution >= 4 is 51.0 Å². The zero-order valence-corrected chi connectivity index (χ0v) is 15.5. The first kappa shape index (κ1) is 16.6. The minimum Gasteiger partial charge on any atom is -0.325 e. The van der Waals surface area contributed by atoms with Crippen molar-refractivity contribution in [3.63, 3.8) is 0 Å². The normalized spacial score (nSPS) is 14.3. The third-order valence-electron chi connectivity index (χ3n) is 3.33. The van der Waals surface area contributed by atoms with E-state index < -0.39 is 0 Å². The molecule has 1 aliphatic heterocycles. The maximum atomic E-state index is 12.3. The first-order chi connectivity index (χ1) is 11.0. The Morgan fingerprint density at radius 1 is 1.39 bits per heavy atom. The van der Waals surface area contributed by atoms with Gasteiger partial charge in [-0.15, -0.1) is 0 Å². The van der Waals surface area contributed by atoms with Gasteiger partial charge in [0.1, 0.15) is 0 Å². The molecular weight excluding hydrogens is 398 g/mol. The summed E-state index contributed by atoms with van der Waals surface area (Å²) in [5, 5.41) is 2.98. The summed E-state index contributed by atoms with van der Waals surface area (Å²) in [6.45, 7) is 1.79. The van der Waals surface area contributed by atoms with Gasteiger partial charge in [0.25, 0.3) is 5.56 Å². The van der Waals surface area contributed by atoms with Crippen LogP contribution in [0.15, 0.2) is 38.7 Å². The fourth-order valence-corrected chi connectivity index (χ4v) is 4.21. The highest BCUT2D eigenvalue weighted by atomic mass is 79.9. The number of aromatic nitrogens is 2. The predicted octanol–water partition coefficient (Wildman–Crippen LogP) is 3.40. The Balaban J connectivity index is 1.68. The summed E-state index contributed by atoms with van der Waals surface area (Å²) in [5.41, 5.74) is 2.23. The SMILES string of the molecule is CC(Sc1nc2c(c(=O)[nH]1)CSC2)C(=O)Nc1ccc(Br)cc1. The van der Waals surface area contributed by atoms with Crippen LogP contribution in [-0.4, -0.2) is 21.1 Å². The van der Waals surface area contributed by atoms with Crippen molar-refractivity contribution in [2.24, 2.45) is 0 Å². The maximum absolute atomic E-state index is 12.3. The molecule has 0 bridgehead atoms. The molecule has 120 valence electrons. The second-order valence-corrected chi connectivity index (χ2v) is 8.28. The van der Waals surface area contributed by atoms with E-state index in [1.54, 1.807) is 18.7 Å². The van der Waals surface area contributed by atoms with Crippen LogP contribution in [0.4, 0.5) is 5.69 Å². The molecule has 0 spiro atoms. The molecule has 2 aromatic rings. The summed E-state index contributed by atoms with van der Waals surface area (Å²) >= 11 is 6.29. The lowest BCUT2D eigenvalue weighted by Gasteiger charge is -2.12. The summed E-state index contributed by atoms with van der Waals surface area (Å²) in [6.07, 6.45) is 0. The molecule has 5 nitrogen and oxygen atoms in total. The molecule has 8 heteroatoms. The van der Waals surface area contributed by atoms with Gasteiger partial charge >= 0.3 is 0 Å². The van der Waals surface area contributed by atoms with Gasteiger partial charge in [0, 0.05) is 27.2 Å². The number of amides is 1. The van der Waals surface area contributed by atoms with Gasteiger partial charge in [0.15, 0.2) is 5.16 Å². The predicted molar refractivity (Wildman–Crippen MR) is 97.9 cm³/mol. The van der Waals surface area contributed by atoms with E-state index in [-0.39, 0.29) is 16.7 Å². The average Bonchev–Trinajstić information content (AvgIpc) is 2.98. The zero-order chi connectivity index (χ0) is 16.4. The highest BCUT2D eigenvalue weighted by Crippen LogP contribution is 2.28. The van der Waals surface area contributed by atoms with Crippen LogP contribution in [-0.2, 0) is 16.3 Å². The van der Waals surface area contributed by atoms with Gasteiger partial charge in [-0.2, -0.15) is 11.8 Å². The molecule has 0 radical (unpaired) electrons. The van der Waals surface area contributed by atoms with Crippen LogP contribution in [0.5, 0.6) is 0 Å². The van der Waals surface area contributed by atoms with Crippen molar-refractivity contribution in [1.29, 1.82) is 0 Å². The number of nitrogens with zero attached hydrogens (tertiary/aromatic N) is 1. The molecule has 0 saturated carbocycles. The number of halogens is 1. The van der Waals surface area contributed by atoms with Crippen LogP contribution in [0.2, 0.25) is 0 Å². The molecule has 1 atom stereocenters. The molecule has 1 aliphatic rings. The lowest BCUT2D eigenvalue weighted by Crippen LogP contribution is -2.23. The van der Waals surface area contributed by atoms with Gasteiger partial charge in [-0.05, 0) is 31.2 Å².